The number of likely N-dealkylation sites (tertiary alicyclic amines) is 1. The number of tetrazole rings is 1. The lowest BCUT2D eigenvalue weighted by atomic mass is 9.89. The maximum Gasteiger partial charge on any atom is 0.471 e. The maximum atomic E-state index is 12.8. The summed E-state index contributed by atoms with van der Waals surface area (Å²) < 4.78 is 51.5. The van der Waals surface area contributed by atoms with E-state index in [-0.39, 0.29) is 25.1 Å². The van der Waals surface area contributed by atoms with Gasteiger partial charge in [-0.15, -0.1) is 5.10 Å². The molecule has 1 aliphatic heterocycles. The zero-order valence-corrected chi connectivity index (χ0v) is 24.0. The number of aromatic nitrogens is 6. The van der Waals surface area contributed by atoms with Crippen molar-refractivity contribution in [1.82, 2.24) is 35.1 Å². The van der Waals surface area contributed by atoms with Crippen LogP contribution in [0.1, 0.15) is 31.2 Å². The van der Waals surface area contributed by atoms with E-state index in [9.17, 15) is 18.0 Å². The smallest absolute Gasteiger partial charge is 0.471 e. The maximum absolute atomic E-state index is 12.8. The van der Waals surface area contributed by atoms with Crippen molar-refractivity contribution in [2.45, 2.75) is 44.5 Å². The molecule has 1 amide bonds. The first kappa shape index (κ1) is 30.0. The van der Waals surface area contributed by atoms with E-state index in [1.165, 1.54) is 13.4 Å². The fourth-order valence-corrected chi connectivity index (χ4v) is 5.04. The number of halogens is 4. The zero-order chi connectivity index (χ0) is 30.6. The molecule has 43 heavy (non-hydrogen) atoms. The third-order valence-corrected chi connectivity index (χ3v) is 7.36. The summed E-state index contributed by atoms with van der Waals surface area (Å²) in [5.74, 6) is -0.398. The molecule has 0 unspecified atom stereocenters. The number of nitrogens with one attached hydrogen (secondary N) is 1. The van der Waals surface area contributed by atoms with E-state index in [0.717, 1.165) is 21.6 Å². The molecule has 1 N–H and O–H groups in total. The molecule has 226 valence electrons. The van der Waals surface area contributed by atoms with Crippen LogP contribution in [0.2, 0.25) is 5.02 Å². The van der Waals surface area contributed by atoms with Crippen LogP contribution in [-0.4, -0.2) is 73.5 Å². The molecule has 0 saturated carbocycles. The van der Waals surface area contributed by atoms with Crippen molar-refractivity contribution in [3.63, 3.8) is 0 Å². The predicted octanol–water partition coefficient (Wildman–Crippen LogP) is 5.27. The SMILES string of the molecule is COc1cc(C2CCN(C(=O)C(F)(F)F)CC2)ccc1Nc1ncc(-c2ccc(Cl)c(O[C@@H](C)Cn3cnnn3)c2)cn1. The number of anilines is 2. The second kappa shape index (κ2) is 12.8. The Balaban J connectivity index is 1.23. The number of alkyl halides is 3. The number of ether oxygens (including phenoxy) is 2. The number of nitrogens with zero attached hydrogens (tertiary/aromatic N) is 7. The Morgan fingerprint density at radius 2 is 1.84 bits per heavy atom. The van der Waals surface area contributed by atoms with Gasteiger partial charge in [0.05, 0.1) is 24.4 Å². The zero-order valence-electron chi connectivity index (χ0n) is 23.3. The number of piperidine rings is 1. The van der Waals surface area contributed by atoms with Gasteiger partial charge in [0.2, 0.25) is 5.95 Å². The van der Waals surface area contributed by atoms with E-state index in [0.29, 0.717) is 47.5 Å². The lowest BCUT2D eigenvalue weighted by Crippen LogP contribution is -2.45. The first-order chi connectivity index (χ1) is 20.6. The quantitative estimate of drug-likeness (QED) is 0.268. The molecule has 1 fully saturated rings. The standard InChI is InChI=1S/C28H28ClF3N8O3/c1-17(15-40-16-35-37-38-40)43-24-11-20(3-5-22(24)29)21-13-33-27(34-14-21)36-23-6-4-19(12-25(23)42-2)18-7-9-39(10-8-18)26(41)28(30,31)32/h3-6,11-14,16-18H,7-10,15H2,1-2H3,(H,33,34,36)/t17-/m0/s1. The predicted molar refractivity (Wildman–Crippen MR) is 151 cm³/mol. The summed E-state index contributed by atoms with van der Waals surface area (Å²) in [5, 5.41) is 14.7. The molecular formula is C28H28ClF3N8O3. The molecule has 0 bridgehead atoms. The van der Waals surface area contributed by atoms with Gasteiger partial charge in [-0.1, -0.05) is 23.7 Å². The van der Waals surface area contributed by atoms with Crippen LogP contribution in [0.5, 0.6) is 11.5 Å². The average molecular weight is 617 g/mol. The number of hydrogen-bond donors (Lipinski definition) is 1. The molecule has 3 heterocycles. The van der Waals surface area contributed by atoms with Gasteiger partial charge in [0.15, 0.2) is 0 Å². The van der Waals surface area contributed by atoms with Crippen molar-refractivity contribution in [3.05, 3.63) is 65.7 Å². The Labute approximate surface area is 250 Å². The van der Waals surface area contributed by atoms with E-state index in [2.05, 4.69) is 30.8 Å². The Morgan fingerprint density at radius 1 is 1.09 bits per heavy atom. The second-order valence-electron chi connectivity index (χ2n) is 10.0. The van der Waals surface area contributed by atoms with E-state index >= 15 is 0 Å². The van der Waals surface area contributed by atoms with Crippen LogP contribution in [-0.2, 0) is 11.3 Å². The van der Waals surface area contributed by atoms with Crippen LogP contribution < -0.4 is 14.8 Å². The van der Waals surface area contributed by atoms with Crippen molar-refractivity contribution in [1.29, 1.82) is 0 Å². The van der Waals surface area contributed by atoms with Crippen molar-refractivity contribution >= 4 is 29.1 Å². The molecule has 11 nitrogen and oxygen atoms in total. The highest BCUT2D eigenvalue weighted by Crippen LogP contribution is 2.36. The third-order valence-electron chi connectivity index (χ3n) is 7.05. The lowest BCUT2D eigenvalue weighted by Gasteiger charge is -2.32. The number of carbonyl (C=O) groups excluding carboxylic acids is 1. The molecule has 1 atom stereocenters. The molecule has 1 aliphatic rings. The Hall–Kier alpha value is -4.46. The fraction of sp³-hybridized carbons (Fsp3) is 0.357. The first-order valence-corrected chi connectivity index (χ1v) is 13.8. The van der Waals surface area contributed by atoms with Gasteiger partial charge in [0.25, 0.3) is 0 Å². The van der Waals surface area contributed by atoms with E-state index in [4.69, 9.17) is 21.1 Å². The number of carbonyl (C=O) groups is 1. The lowest BCUT2D eigenvalue weighted by molar-refractivity contribution is -0.186. The van der Waals surface area contributed by atoms with Crippen molar-refractivity contribution in [2.24, 2.45) is 0 Å². The average Bonchev–Trinajstić information content (AvgIpc) is 3.51. The van der Waals surface area contributed by atoms with E-state index in [1.54, 1.807) is 23.1 Å². The Bertz CT molecular complexity index is 1550. The van der Waals surface area contributed by atoms with Crippen LogP contribution in [0.25, 0.3) is 11.1 Å². The summed E-state index contributed by atoms with van der Waals surface area (Å²) in [6.07, 6.45) is 0.607. The molecule has 2 aromatic heterocycles. The highest BCUT2D eigenvalue weighted by atomic mass is 35.5. The molecule has 4 aromatic rings. The largest absolute Gasteiger partial charge is 0.495 e. The van der Waals surface area contributed by atoms with Gasteiger partial charge >= 0.3 is 12.1 Å². The Kier molecular flexibility index (Phi) is 8.94. The van der Waals surface area contributed by atoms with E-state index < -0.39 is 12.1 Å². The van der Waals surface area contributed by atoms with Crippen LogP contribution in [0, 0.1) is 0 Å². The minimum Gasteiger partial charge on any atom is -0.495 e. The minimum absolute atomic E-state index is 0.00609. The first-order valence-electron chi connectivity index (χ1n) is 13.4. The summed E-state index contributed by atoms with van der Waals surface area (Å²) in [4.78, 5) is 21.3. The van der Waals surface area contributed by atoms with Crippen molar-refractivity contribution < 1.29 is 27.4 Å². The molecule has 5 rings (SSSR count). The van der Waals surface area contributed by atoms with Crippen molar-refractivity contribution in [2.75, 3.05) is 25.5 Å². The monoisotopic (exact) mass is 616 g/mol. The van der Waals surface area contributed by atoms with Crippen LogP contribution in [0.4, 0.5) is 24.8 Å². The highest BCUT2D eigenvalue weighted by molar-refractivity contribution is 6.32. The third kappa shape index (κ3) is 7.31. The summed E-state index contributed by atoms with van der Waals surface area (Å²) >= 11 is 6.37. The molecule has 1 saturated heterocycles. The van der Waals surface area contributed by atoms with Crippen LogP contribution in [0.15, 0.2) is 55.1 Å². The van der Waals surface area contributed by atoms with Crippen molar-refractivity contribution in [3.8, 4) is 22.6 Å². The molecule has 0 aliphatic carbocycles. The summed E-state index contributed by atoms with van der Waals surface area (Å²) in [6.45, 7) is 2.43. The van der Waals surface area contributed by atoms with Crippen LogP contribution >= 0.6 is 11.6 Å². The van der Waals surface area contributed by atoms with Crippen LogP contribution in [0.3, 0.4) is 0 Å². The summed E-state index contributed by atoms with van der Waals surface area (Å²) in [7, 11) is 1.53. The van der Waals surface area contributed by atoms with Gasteiger partial charge in [0.1, 0.15) is 23.9 Å². The second-order valence-corrected chi connectivity index (χ2v) is 10.5. The van der Waals surface area contributed by atoms with Gasteiger partial charge in [-0.3, -0.25) is 4.79 Å². The summed E-state index contributed by atoms with van der Waals surface area (Å²) in [5.41, 5.74) is 3.11. The van der Waals surface area contributed by atoms with E-state index in [1.807, 2.05) is 37.3 Å². The van der Waals surface area contributed by atoms with Gasteiger partial charge in [-0.25, -0.2) is 14.6 Å². The van der Waals surface area contributed by atoms with Gasteiger partial charge < -0.3 is 19.7 Å². The topological polar surface area (TPSA) is 120 Å². The van der Waals surface area contributed by atoms with Gasteiger partial charge in [0, 0.05) is 31.0 Å². The highest BCUT2D eigenvalue weighted by Gasteiger charge is 2.43. The molecule has 0 spiro atoms. The number of rotatable bonds is 9. The normalized spacial score (nSPS) is 14.8. The fourth-order valence-electron chi connectivity index (χ4n) is 4.88. The number of methoxy groups -OCH3 is 1. The molecule has 0 radical (unpaired) electrons. The number of hydrogen-bond acceptors (Lipinski definition) is 9. The summed E-state index contributed by atoms with van der Waals surface area (Å²) in [6, 6.07) is 11.0. The number of benzene rings is 2. The molecule has 2 aromatic carbocycles. The van der Waals surface area contributed by atoms with Gasteiger partial charge in [-0.2, -0.15) is 13.2 Å². The Morgan fingerprint density at radius 3 is 2.49 bits per heavy atom. The van der Waals surface area contributed by atoms with Gasteiger partial charge in [-0.05, 0) is 71.5 Å². The number of amides is 1. The molecular weight excluding hydrogens is 589 g/mol. The molecule has 15 heteroatoms. The minimum atomic E-state index is -4.85.